The Bertz CT molecular complexity index is 570. The van der Waals surface area contributed by atoms with Crippen molar-refractivity contribution in [3.8, 4) is 0 Å². The van der Waals surface area contributed by atoms with Gasteiger partial charge in [-0.1, -0.05) is 36.8 Å². The van der Waals surface area contributed by atoms with Crippen LogP contribution in [0.3, 0.4) is 0 Å². The molecular formula is C22H32O6. The van der Waals surface area contributed by atoms with Crippen LogP contribution in [0.15, 0.2) is 30.3 Å². The van der Waals surface area contributed by atoms with Crippen LogP contribution >= 0.6 is 0 Å². The highest BCUT2D eigenvalue weighted by molar-refractivity contribution is 5.17. The van der Waals surface area contributed by atoms with Crippen LogP contribution in [0.25, 0.3) is 0 Å². The third kappa shape index (κ3) is 4.42. The normalized spacial score (nSPS) is 32.5. The fourth-order valence-corrected chi connectivity index (χ4v) is 4.69. The van der Waals surface area contributed by atoms with Gasteiger partial charge in [-0.3, -0.25) is 0 Å². The zero-order valence-corrected chi connectivity index (χ0v) is 16.6. The molecule has 0 amide bonds. The van der Waals surface area contributed by atoms with Crippen LogP contribution in [0.5, 0.6) is 0 Å². The van der Waals surface area contributed by atoms with E-state index in [1.807, 2.05) is 18.2 Å². The van der Waals surface area contributed by atoms with Gasteiger partial charge < -0.3 is 28.4 Å². The lowest BCUT2D eigenvalue weighted by atomic mass is 9.66. The van der Waals surface area contributed by atoms with E-state index in [0.29, 0.717) is 66.1 Å². The lowest BCUT2D eigenvalue weighted by molar-refractivity contribution is -0.266. The van der Waals surface area contributed by atoms with Gasteiger partial charge in [0.2, 0.25) is 0 Å². The molecule has 28 heavy (non-hydrogen) atoms. The van der Waals surface area contributed by atoms with Gasteiger partial charge in [-0.2, -0.15) is 0 Å². The molecule has 0 bridgehead atoms. The molecule has 1 aliphatic carbocycles. The third-order valence-corrected chi connectivity index (χ3v) is 6.40. The highest BCUT2D eigenvalue weighted by Crippen LogP contribution is 2.56. The molecule has 1 saturated carbocycles. The Morgan fingerprint density at radius 3 is 1.68 bits per heavy atom. The number of ether oxygens (including phenoxy) is 6. The third-order valence-electron chi connectivity index (χ3n) is 6.40. The quantitative estimate of drug-likeness (QED) is 0.732. The molecule has 0 N–H and O–H groups in total. The maximum absolute atomic E-state index is 6.24. The Balaban J connectivity index is 1.44. The molecule has 2 aliphatic heterocycles. The van der Waals surface area contributed by atoms with Crippen molar-refractivity contribution >= 4 is 0 Å². The minimum atomic E-state index is -0.289. The summed E-state index contributed by atoms with van der Waals surface area (Å²) >= 11 is 0. The van der Waals surface area contributed by atoms with Crippen molar-refractivity contribution in [2.75, 3.05) is 66.1 Å². The van der Waals surface area contributed by atoms with Gasteiger partial charge in [-0.15, -0.1) is 0 Å². The molecule has 2 spiro atoms. The summed E-state index contributed by atoms with van der Waals surface area (Å²) in [6.07, 6.45) is 3.00. The van der Waals surface area contributed by atoms with Gasteiger partial charge in [0.15, 0.2) is 6.29 Å². The molecule has 1 aromatic rings. The van der Waals surface area contributed by atoms with E-state index in [4.69, 9.17) is 28.4 Å². The molecule has 6 nitrogen and oxygen atoms in total. The highest BCUT2D eigenvalue weighted by atomic mass is 16.7. The Labute approximate surface area is 167 Å². The number of hydrogen-bond donors (Lipinski definition) is 0. The molecule has 6 heteroatoms. The van der Waals surface area contributed by atoms with E-state index in [1.54, 1.807) is 0 Å². The first-order chi connectivity index (χ1) is 13.8. The fraction of sp³-hybridized carbons (Fsp3) is 0.727. The minimum Gasteiger partial charge on any atom is -0.378 e. The topological polar surface area (TPSA) is 55.4 Å². The standard InChI is InChI=1S/C22H32O6/c1-2-5-19(6-3-1)20-27-17-22(18-28-20)8-4-7-21(22)15-25-13-11-23-9-10-24-12-14-26-16-21/h1-3,5-6,20H,4,7-18H2. The molecular weight excluding hydrogens is 360 g/mol. The van der Waals surface area contributed by atoms with Crippen molar-refractivity contribution in [2.45, 2.75) is 25.6 Å². The van der Waals surface area contributed by atoms with Crippen molar-refractivity contribution in [3.05, 3.63) is 35.9 Å². The largest absolute Gasteiger partial charge is 0.378 e. The maximum atomic E-state index is 6.24. The van der Waals surface area contributed by atoms with Crippen LogP contribution in [0.2, 0.25) is 0 Å². The fourth-order valence-electron chi connectivity index (χ4n) is 4.69. The predicted molar refractivity (Wildman–Crippen MR) is 103 cm³/mol. The lowest BCUT2D eigenvalue weighted by Gasteiger charge is -2.49. The van der Waals surface area contributed by atoms with E-state index >= 15 is 0 Å². The average Bonchev–Trinajstić information content (AvgIpc) is 3.08. The second kappa shape index (κ2) is 9.65. The Kier molecular flexibility index (Phi) is 6.99. The molecule has 2 saturated heterocycles. The van der Waals surface area contributed by atoms with Crippen LogP contribution in [-0.4, -0.2) is 66.1 Å². The molecule has 0 radical (unpaired) electrons. The Morgan fingerprint density at radius 1 is 0.607 bits per heavy atom. The lowest BCUT2D eigenvalue weighted by Crippen LogP contribution is -2.53. The summed E-state index contributed by atoms with van der Waals surface area (Å²) in [5, 5.41) is 0. The van der Waals surface area contributed by atoms with E-state index in [2.05, 4.69) is 12.1 Å². The summed E-state index contributed by atoms with van der Waals surface area (Å²) in [6, 6.07) is 10.2. The Morgan fingerprint density at radius 2 is 1.11 bits per heavy atom. The van der Waals surface area contributed by atoms with Gasteiger partial charge in [0, 0.05) is 16.4 Å². The molecule has 1 aromatic carbocycles. The first-order valence-corrected chi connectivity index (χ1v) is 10.4. The Hall–Kier alpha value is -1.02. The van der Waals surface area contributed by atoms with Crippen molar-refractivity contribution in [3.63, 3.8) is 0 Å². The average molecular weight is 392 g/mol. The number of benzene rings is 1. The summed E-state index contributed by atoms with van der Waals surface area (Å²) < 4.78 is 35.7. The van der Waals surface area contributed by atoms with Gasteiger partial charge in [-0.25, -0.2) is 0 Å². The van der Waals surface area contributed by atoms with Crippen LogP contribution in [0.4, 0.5) is 0 Å². The zero-order chi connectivity index (χ0) is 19.1. The molecule has 3 fully saturated rings. The summed E-state index contributed by atoms with van der Waals surface area (Å²) in [5.74, 6) is 0. The molecule has 3 aliphatic rings. The number of rotatable bonds is 1. The molecule has 0 aromatic heterocycles. The van der Waals surface area contributed by atoms with Crippen LogP contribution in [-0.2, 0) is 28.4 Å². The first kappa shape index (κ1) is 20.3. The SMILES string of the molecule is c1ccc(C2OCC3(CCCC34COCCOCCOCCOC4)CO2)cc1. The van der Waals surface area contributed by atoms with E-state index in [9.17, 15) is 0 Å². The highest BCUT2D eigenvalue weighted by Gasteiger charge is 2.57. The molecule has 0 atom stereocenters. The number of fused-ring (bicyclic) bond motifs is 1. The van der Waals surface area contributed by atoms with E-state index in [0.717, 1.165) is 24.8 Å². The summed E-state index contributed by atoms with van der Waals surface area (Å²) in [5.41, 5.74) is 0.907. The molecule has 4 rings (SSSR count). The monoisotopic (exact) mass is 392 g/mol. The van der Waals surface area contributed by atoms with Crippen LogP contribution in [0.1, 0.15) is 31.1 Å². The van der Waals surface area contributed by atoms with Crippen LogP contribution in [0, 0.1) is 10.8 Å². The van der Waals surface area contributed by atoms with Crippen molar-refractivity contribution in [1.82, 2.24) is 0 Å². The number of hydrogen-bond acceptors (Lipinski definition) is 6. The zero-order valence-electron chi connectivity index (χ0n) is 16.6. The maximum Gasteiger partial charge on any atom is 0.183 e. The smallest absolute Gasteiger partial charge is 0.183 e. The van der Waals surface area contributed by atoms with Crippen LogP contribution < -0.4 is 0 Å². The first-order valence-electron chi connectivity index (χ1n) is 10.4. The van der Waals surface area contributed by atoms with Gasteiger partial charge in [0.25, 0.3) is 0 Å². The van der Waals surface area contributed by atoms with E-state index in [1.165, 1.54) is 0 Å². The predicted octanol–water partition coefficient (Wildman–Crippen LogP) is 2.97. The van der Waals surface area contributed by atoms with Crippen molar-refractivity contribution in [1.29, 1.82) is 0 Å². The second-order valence-electron chi connectivity index (χ2n) is 8.11. The van der Waals surface area contributed by atoms with E-state index in [-0.39, 0.29) is 17.1 Å². The van der Waals surface area contributed by atoms with Gasteiger partial charge in [0.1, 0.15) is 0 Å². The summed E-state index contributed by atoms with van der Waals surface area (Å²) in [4.78, 5) is 0. The molecule has 2 heterocycles. The second-order valence-corrected chi connectivity index (χ2v) is 8.11. The van der Waals surface area contributed by atoms with Gasteiger partial charge in [-0.05, 0) is 12.8 Å². The minimum absolute atomic E-state index is 0.0693. The van der Waals surface area contributed by atoms with Crippen molar-refractivity contribution in [2.24, 2.45) is 10.8 Å². The van der Waals surface area contributed by atoms with E-state index < -0.39 is 0 Å². The van der Waals surface area contributed by atoms with Gasteiger partial charge in [0.05, 0.1) is 66.1 Å². The molecule has 0 unspecified atom stereocenters. The molecule has 156 valence electrons. The van der Waals surface area contributed by atoms with Crippen molar-refractivity contribution < 1.29 is 28.4 Å². The summed E-state index contributed by atoms with van der Waals surface area (Å²) in [7, 11) is 0. The van der Waals surface area contributed by atoms with Gasteiger partial charge >= 0.3 is 0 Å². The summed E-state index contributed by atoms with van der Waals surface area (Å²) in [6.45, 7) is 6.21.